The van der Waals surface area contributed by atoms with Gasteiger partial charge in [0.15, 0.2) is 17.2 Å². The molecule has 2 heterocycles. The fourth-order valence-corrected chi connectivity index (χ4v) is 6.78. The predicted octanol–water partition coefficient (Wildman–Crippen LogP) is 5.80. The standard InChI is InChI=1S/C33H38N2O6S/c1-36-27-20-25(21-28(37-2)30(27)38-3)33(35-16-8-9-17-35)32(31(39-4)29(41-33)24-10-6-5-7-11-24)40-18-19-42-26-14-12-23(22-34)13-15-26/h5-7,10-15,20-21,29,31-32H,8-9,16-19H2,1-4H3. The Morgan fingerprint density at radius 1 is 0.929 bits per heavy atom. The van der Waals surface area contributed by atoms with E-state index in [0.717, 1.165) is 47.7 Å². The molecule has 8 nitrogen and oxygen atoms in total. The Labute approximate surface area is 252 Å². The van der Waals surface area contributed by atoms with Gasteiger partial charge >= 0.3 is 0 Å². The van der Waals surface area contributed by atoms with Gasteiger partial charge in [-0.05, 0) is 54.8 Å². The largest absolute Gasteiger partial charge is 0.493 e. The van der Waals surface area contributed by atoms with Crippen molar-refractivity contribution >= 4 is 11.8 Å². The number of likely N-dealkylation sites (tertiary alicyclic amines) is 1. The zero-order valence-electron chi connectivity index (χ0n) is 24.6. The Bertz CT molecular complexity index is 1330. The van der Waals surface area contributed by atoms with E-state index in [2.05, 4.69) is 23.1 Å². The molecule has 3 aromatic rings. The molecule has 4 unspecified atom stereocenters. The van der Waals surface area contributed by atoms with Gasteiger partial charge in [-0.2, -0.15) is 5.26 Å². The molecule has 42 heavy (non-hydrogen) atoms. The van der Waals surface area contributed by atoms with Gasteiger partial charge in [-0.1, -0.05) is 30.3 Å². The summed E-state index contributed by atoms with van der Waals surface area (Å²) in [7, 11) is 6.57. The number of benzene rings is 3. The van der Waals surface area contributed by atoms with Crippen molar-refractivity contribution in [2.24, 2.45) is 0 Å². The number of thioether (sulfide) groups is 1. The molecule has 0 bridgehead atoms. The monoisotopic (exact) mass is 590 g/mol. The SMILES string of the molecule is COc1cc(C2(N3CCCC3)OC(c3ccccc3)C(OC)C2OCCSc2ccc(C#N)cc2)cc(OC)c1OC. The van der Waals surface area contributed by atoms with Crippen LogP contribution in [-0.2, 0) is 19.9 Å². The van der Waals surface area contributed by atoms with Crippen LogP contribution in [0.25, 0.3) is 0 Å². The summed E-state index contributed by atoms with van der Waals surface area (Å²) < 4.78 is 37.5. The van der Waals surface area contributed by atoms with Crippen LogP contribution in [0.2, 0.25) is 0 Å². The Balaban J connectivity index is 1.55. The topological polar surface area (TPSA) is 82.4 Å². The second-order valence-electron chi connectivity index (χ2n) is 10.2. The Morgan fingerprint density at radius 2 is 1.60 bits per heavy atom. The summed E-state index contributed by atoms with van der Waals surface area (Å²) in [5.41, 5.74) is 1.57. The molecule has 2 saturated heterocycles. The summed E-state index contributed by atoms with van der Waals surface area (Å²) in [5, 5.41) is 9.12. The molecule has 2 aliphatic heterocycles. The van der Waals surface area contributed by atoms with Crippen molar-refractivity contribution in [2.75, 3.05) is 53.9 Å². The molecule has 2 aliphatic rings. The molecular weight excluding hydrogens is 552 g/mol. The van der Waals surface area contributed by atoms with E-state index in [4.69, 9.17) is 33.7 Å². The number of ether oxygens (including phenoxy) is 6. The third-order valence-electron chi connectivity index (χ3n) is 7.98. The maximum absolute atomic E-state index is 9.12. The van der Waals surface area contributed by atoms with Gasteiger partial charge in [-0.3, -0.25) is 4.90 Å². The van der Waals surface area contributed by atoms with Crippen molar-refractivity contribution in [2.45, 2.75) is 41.8 Å². The lowest BCUT2D eigenvalue weighted by atomic mass is 9.91. The van der Waals surface area contributed by atoms with E-state index in [1.165, 1.54) is 0 Å². The average molecular weight is 591 g/mol. The maximum Gasteiger partial charge on any atom is 0.203 e. The quantitative estimate of drug-likeness (QED) is 0.192. The first kappa shape index (κ1) is 30.2. The van der Waals surface area contributed by atoms with Crippen molar-refractivity contribution < 1.29 is 28.4 Å². The highest BCUT2D eigenvalue weighted by Crippen LogP contribution is 2.54. The number of methoxy groups -OCH3 is 4. The molecule has 3 aromatic carbocycles. The Morgan fingerprint density at radius 3 is 2.17 bits per heavy atom. The third kappa shape index (κ3) is 5.83. The molecule has 0 aliphatic carbocycles. The molecule has 2 fully saturated rings. The molecule has 0 aromatic heterocycles. The lowest BCUT2D eigenvalue weighted by molar-refractivity contribution is -0.198. The summed E-state index contributed by atoms with van der Waals surface area (Å²) in [4.78, 5) is 3.46. The molecular formula is C33H38N2O6S. The van der Waals surface area contributed by atoms with E-state index >= 15 is 0 Å². The first-order valence-electron chi connectivity index (χ1n) is 14.1. The summed E-state index contributed by atoms with van der Waals surface area (Å²) in [6.07, 6.45) is 0.906. The third-order valence-corrected chi connectivity index (χ3v) is 8.95. The smallest absolute Gasteiger partial charge is 0.203 e. The zero-order chi connectivity index (χ0) is 29.5. The minimum Gasteiger partial charge on any atom is -0.493 e. The van der Waals surface area contributed by atoms with Gasteiger partial charge in [0.2, 0.25) is 5.75 Å². The summed E-state index contributed by atoms with van der Waals surface area (Å²) in [6, 6.07) is 23.9. The van der Waals surface area contributed by atoms with E-state index in [-0.39, 0.29) is 12.2 Å². The van der Waals surface area contributed by atoms with Gasteiger partial charge in [-0.15, -0.1) is 11.8 Å². The van der Waals surface area contributed by atoms with Crippen molar-refractivity contribution in [3.63, 3.8) is 0 Å². The normalized spacial score (nSPS) is 23.9. The fourth-order valence-electron chi connectivity index (χ4n) is 6.03. The van der Waals surface area contributed by atoms with Crippen LogP contribution in [0.3, 0.4) is 0 Å². The number of hydrogen-bond donors (Lipinski definition) is 0. The van der Waals surface area contributed by atoms with Gasteiger partial charge in [0.25, 0.3) is 0 Å². The number of hydrogen-bond acceptors (Lipinski definition) is 9. The van der Waals surface area contributed by atoms with Crippen LogP contribution in [-0.4, -0.2) is 71.0 Å². The van der Waals surface area contributed by atoms with Gasteiger partial charge in [0, 0.05) is 36.4 Å². The first-order valence-corrected chi connectivity index (χ1v) is 15.1. The van der Waals surface area contributed by atoms with E-state index in [1.54, 1.807) is 40.2 Å². The first-order chi connectivity index (χ1) is 20.6. The highest BCUT2D eigenvalue weighted by atomic mass is 32.2. The summed E-state index contributed by atoms with van der Waals surface area (Å²) in [5.74, 6) is 2.36. The van der Waals surface area contributed by atoms with E-state index in [1.807, 2.05) is 54.6 Å². The van der Waals surface area contributed by atoms with Crippen LogP contribution >= 0.6 is 11.8 Å². The zero-order valence-corrected chi connectivity index (χ0v) is 25.4. The van der Waals surface area contributed by atoms with Gasteiger partial charge < -0.3 is 28.4 Å². The maximum atomic E-state index is 9.12. The second-order valence-corrected chi connectivity index (χ2v) is 11.4. The van der Waals surface area contributed by atoms with E-state index in [9.17, 15) is 0 Å². The van der Waals surface area contributed by atoms with Gasteiger partial charge in [-0.25, -0.2) is 0 Å². The fraction of sp³-hybridized carbons (Fsp3) is 0.424. The van der Waals surface area contributed by atoms with Crippen LogP contribution in [0.4, 0.5) is 0 Å². The van der Waals surface area contributed by atoms with Gasteiger partial charge in [0.1, 0.15) is 18.3 Å². The second kappa shape index (κ2) is 13.8. The number of rotatable bonds is 12. The van der Waals surface area contributed by atoms with E-state index < -0.39 is 11.8 Å². The van der Waals surface area contributed by atoms with Crippen LogP contribution in [0.5, 0.6) is 17.2 Å². The minimum absolute atomic E-state index is 0.368. The molecule has 5 rings (SSSR count). The molecule has 0 N–H and O–H groups in total. The van der Waals surface area contributed by atoms with Crippen LogP contribution in [0, 0.1) is 11.3 Å². The van der Waals surface area contributed by atoms with Crippen molar-refractivity contribution in [1.29, 1.82) is 5.26 Å². The molecule has 0 saturated carbocycles. The summed E-state index contributed by atoms with van der Waals surface area (Å²) >= 11 is 1.69. The van der Waals surface area contributed by atoms with Crippen LogP contribution < -0.4 is 14.2 Å². The van der Waals surface area contributed by atoms with E-state index in [0.29, 0.717) is 29.4 Å². The Kier molecular flexibility index (Phi) is 9.93. The summed E-state index contributed by atoms with van der Waals surface area (Å²) in [6.45, 7) is 2.18. The molecule has 0 amide bonds. The van der Waals surface area contributed by atoms with Crippen molar-refractivity contribution in [1.82, 2.24) is 4.90 Å². The Hall–Kier alpha value is -3.26. The highest BCUT2D eigenvalue weighted by molar-refractivity contribution is 7.99. The molecule has 0 spiro atoms. The highest BCUT2D eigenvalue weighted by Gasteiger charge is 2.61. The minimum atomic E-state index is -0.969. The van der Waals surface area contributed by atoms with Crippen molar-refractivity contribution in [3.05, 3.63) is 83.4 Å². The van der Waals surface area contributed by atoms with Crippen molar-refractivity contribution in [3.8, 4) is 23.3 Å². The van der Waals surface area contributed by atoms with Crippen LogP contribution in [0.15, 0.2) is 71.6 Å². The van der Waals surface area contributed by atoms with Gasteiger partial charge in [0.05, 0.1) is 39.6 Å². The number of nitriles is 1. The van der Waals surface area contributed by atoms with Crippen LogP contribution in [0.1, 0.15) is 35.6 Å². The lowest BCUT2D eigenvalue weighted by Crippen LogP contribution is -2.54. The number of nitrogens with zero attached hydrogens (tertiary/aromatic N) is 2. The predicted molar refractivity (Wildman–Crippen MR) is 161 cm³/mol. The average Bonchev–Trinajstić information content (AvgIpc) is 3.70. The lowest BCUT2D eigenvalue weighted by Gasteiger charge is -2.43. The molecule has 222 valence electrons. The molecule has 0 radical (unpaired) electrons. The molecule has 9 heteroatoms. The molecule has 4 atom stereocenters.